The number of methoxy groups -OCH3 is 2. The molecule has 31 heavy (non-hydrogen) atoms. The zero-order valence-corrected chi connectivity index (χ0v) is 19.2. The van der Waals surface area contributed by atoms with E-state index < -0.39 is 10.0 Å². The van der Waals surface area contributed by atoms with E-state index in [1.165, 1.54) is 18.5 Å². The molecule has 170 valence electrons. The summed E-state index contributed by atoms with van der Waals surface area (Å²) in [7, 11) is -0.578. The van der Waals surface area contributed by atoms with Gasteiger partial charge in [-0.15, -0.1) is 0 Å². The zero-order valence-electron chi connectivity index (χ0n) is 18.4. The maximum absolute atomic E-state index is 12.3. The van der Waals surface area contributed by atoms with Gasteiger partial charge in [0.15, 0.2) is 0 Å². The zero-order chi connectivity index (χ0) is 22.9. The first-order chi connectivity index (χ1) is 14.7. The molecule has 1 amide bonds. The van der Waals surface area contributed by atoms with Gasteiger partial charge in [-0.05, 0) is 43.2 Å². The van der Waals surface area contributed by atoms with Gasteiger partial charge >= 0.3 is 0 Å². The maximum atomic E-state index is 12.3. The molecule has 0 aliphatic heterocycles. The average Bonchev–Trinajstić information content (AvgIpc) is 2.73. The summed E-state index contributed by atoms with van der Waals surface area (Å²) in [4.78, 5) is 12.1. The smallest absolute Gasteiger partial charge is 0.232 e. The van der Waals surface area contributed by atoms with E-state index in [4.69, 9.17) is 14.2 Å². The average molecular weight is 451 g/mol. The molecule has 8 nitrogen and oxygen atoms in total. The summed E-state index contributed by atoms with van der Waals surface area (Å²) < 4.78 is 42.0. The molecule has 0 atom stereocenters. The van der Waals surface area contributed by atoms with Crippen LogP contribution >= 0.6 is 0 Å². The topological polar surface area (TPSA) is 94.2 Å². The summed E-state index contributed by atoms with van der Waals surface area (Å²) in [6, 6.07) is 12.6. The highest BCUT2D eigenvalue weighted by Gasteiger charge is 2.21. The monoisotopic (exact) mass is 450 g/mol. The number of benzene rings is 2. The van der Waals surface area contributed by atoms with Crippen LogP contribution in [0.2, 0.25) is 0 Å². The number of amides is 1. The molecule has 0 bridgehead atoms. The fourth-order valence-electron chi connectivity index (χ4n) is 2.99. The van der Waals surface area contributed by atoms with Gasteiger partial charge in [-0.1, -0.05) is 12.1 Å². The normalized spacial score (nSPS) is 11.0. The van der Waals surface area contributed by atoms with Gasteiger partial charge in [0.1, 0.15) is 23.9 Å². The molecule has 2 aromatic carbocycles. The molecule has 0 aromatic heterocycles. The Balaban J connectivity index is 1.85. The number of ether oxygens (including phenoxy) is 3. The lowest BCUT2D eigenvalue weighted by Gasteiger charge is -2.24. The van der Waals surface area contributed by atoms with E-state index in [-0.39, 0.29) is 18.9 Å². The molecule has 0 saturated heterocycles. The quantitative estimate of drug-likeness (QED) is 0.500. The van der Waals surface area contributed by atoms with Crippen LogP contribution in [0, 0.1) is 6.92 Å². The SMILES string of the molecule is COc1ccc(N(CCCC(=O)NCCOc2cccc(C)c2)S(C)(=O)=O)c(OC)c1. The first kappa shape index (κ1) is 24.3. The molecule has 0 radical (unpaired) electrons. The van der Waals surface area contributed by atoms with Crippen molar-refractivity contribution in [2.24, 2.45) is 0 Å². The molecule has 2 aromatic rings. The third kappa shape index (κ3) is 7.67. The highest BCUT2D eigenvalue weighted by Crippen LogP contribution is 2.33. The number of carbonyl (C=O) groups is 1. The number of nitrogens with zero attached hydrogens (tertiary/aromatic N) is 1. The van der Waals surface area contributed by atoms with E-state index in [2.05, 4.69) is 5.32 Å². The molecule has 0 spiro atoms. The highest BCUT2D eigenvalue weighted by molar-refractivity contribution is 7.92. The van der Waals surface area contributed by atoms with Crippen molar-refractivity contribution in [1.29, 1.82) is 0 Å². The number of carbonyl (C=O) groups excluding carboxylic acids is 1. The Morgan fingerprint density at radius 3 is 2.48 bits per heavy atom. The van der Waals surface area contributed by atoms with Crippen LogP contribution in [0.15, 0.2) is 42.5 Å². The van der Waals surface area contributed by atoms with E-state index in [1.807, 2.05) is 31.2 Å². The molecular formula is C22H30N2O6S. The first-order valence-corrected chi connectivity index (χ1v) is 11.8. The Bertz CT molecular complexity index is 978. The van der Waals surface area contributed by atoms with Crippen LogP contribution in [0.1, 0.15) is 18.4 Å². The number of sulfonamides is 1. The Morgan fingerprint density at radius 1 is 1.06 bits per heavy atom. The summed E-state index contributed by atoms with van der Waals surface area (Å²) in [6.45, 7) is 2.85. The van der Waals surface area contributed by atoms with Crippen molar-refractivity contribution in [1.82, 2.24) is 5.32 Å². The second kappa shape index (κ2) is 11.5. The van der Waals surface area contributed by atoms with Crippen LogP contribution in [0.4, 0.5) is 5.69 Å². The van der Waals surface area contributed by atoms with Crippen LogP contribution in [0.25, 0.3) is 0 Å². The van der Waals surface area contributed by atoms with E-state index in [1.54, 1.807) is 18.2 Å². The predicted octanol–water partition coefficient (Wildman–Crippen LogP) is 2.75. The van der Waals surface area contributed by atoms with Gasteiger partial charge in [0.2, 0.25) is 15.9 Å². The van der Waals surface area contributed by atoms with E-state index in [0.717, 1.165) is 17.6 Å². The number of hydrogen-bond acceptors (Lipinski definition) is 6. The van der Waals surface area contributed by atoms with E-state index in [9.17, 15) is 13.2 Å². The van der Waals surface area contributed by atoms with Gasteiger partial charge in [0.25, 0.3) is 0 Å². The van der Waals surface area contributed by atoms with Gasteiger partial charge in [-0.3, -0.25) is 9.10 Å². The number of anilines is 1. The molecule has 0 heterocycles. The van der Waals surface area contributed by atoms with Crippen LogP contribution in [-0.2, 0) is 14.8 Å². The fraction of sp³-hybridized carbons (Fsp3) is 0.409. The lowest BCUT2D eigenvalue weighted by Crippen LogP contribution is -2.33. The largest absolute Gasteiger partial charge is 0.497 e. The molecule has 9 heteroatoms. The summed E-state index contributed by atoms with van der Waals surface area (Å²) in [5.41, 5.74) is 1.50. The van der Waals surface area contributed by atoms with Crippen LogP contribution in [0.5, 0.6) is 17.2 Å². The predicted molar refractivity (Wildman–Crippen MR) is 121 cm³/mol. The minimum Gasteiger partial charge on any atom is -0.497 e. The third-order valence-electron chi connectivity index (χ3n) is 4.50. The maximum Gasteiger partial charge on any atom is 0.232 e. The van der Waals surface area contributed by atoms with Crippen LogP contribution < -0.4 is 23.8 Å². The van der Waals surface area contributed by atoms with Crippen molar-refractivity contribution >= 4 is 21.6 Å². The van der Waals surface area contributed by atoms with Gasteiger partial charge in [0, 0.05) is 19.0 Å². The Kier molecular flexibility index (Phi) is 8.99. The lowest BCUT2D eigenvalue weighted by atomic mass is 10.2. The van der Waals surface area contributed by atoms with Gasteiger partial charge < -0.3 is 19.5 Å². The Hall–Kier alpha value is -2.94. The summed E-state index contributed by atoms with van der Waals surface area (Å²) in [5.74, 6) is 1.53. The van der Waals surface area contributed by atoms with Crippen molar-refractivity contribution in [3.05, 3.63) is 48.0 Å². The van der Waals surface area contributed by atoms with E-state index >= 15 is 0 Å². The van der Waals surface area contributed by atoms with Crippen molar-refractivity contribution in [2.45, 2.75) is 19.8 Å². The lowest BCUT2D eigenvalue weighted by molar-refractivity contribution is -0.121. The molecule has 0 unspecified atom stereocenters. The number of nitrogens with one attached hydrogen (secondary N) is 1. The van der Waals surface area contributed by atoms with Gasteiger partial charge in [0.05, 0.1) is 32.7 Å². The number of hydrogen-bond donors (Lipinski definition) is 1. The van der Waals surface area contributed by atoms with Crippen LogP contribution in [-0.4, -0.2) is 54.5 Å². The minimum absolute atomic E-state index is 0.148. The molecule has 2 rings (SSSR count). The fourth-order valence-corrected chi connectivity index (χ4v) is 3.96. The third-order valence-corrected chi connectivity index (χ3v) is 5.68. The molecular weight excluding hydrogens is 420 g/mol. The summed E-state index contributed by atoms with van der Waals surface area (Å²) >= 11 is 0. The van der Waals surface area contributed by atoms with Gasteiger partial charge in [-0.25, -0.2) is 8.42 Å². The van der Waals surface area contributed by atoms with Crippen molar-refractivity contribution in [2.75, 3.05) is 44.5 Å². The van der Waals surface area contributed by atoms with Crippen molar-refractivity contribution in [3.8, 4) is 17.2 Å². The summed E-state index contributed by atoms with van der Waals surface area (Å²) in [5, 5.41) is 2.78. The van der Waals surface area contributed by atoms with Crippen LogP contribution in [0.3, 0.4) is 0 Å². The molecule has 0 saturated carbocycles. The van der Waals surface area contributed by atoms with Crippen molar-refractivity contribution in [3.63, 3.8) is 0 Å². The second-order valence-electron chi connectivity index (χ2n) is 6.99. The second-order valence-corrected chi connectivity index (χ2v) is 8.90. The Morgan fingerprint density at radius 2 is 1.84 bits per heavy atom. The Labute approximate surface area is 184 Å². The first-order valence-electron chi connectivity index (χ1n) is 9.90. The van der Waals surface area contributed by atoms with Crippen molar-refractivity contribution < 1.29 is 27.4 Å². The number of aryl methyl sites for hydroxylation is 1. The molecule has 0 aliphatic rings. The molecule has 0 aliphatic carbocycles. The van der Waals surface area contributed by atoms with Gasteiger partial charge in [-0.2, -0.15) is 0 Å². The molecule has 0 fully saturated rings. The van der Waals surface area contributed by atoms with E-state index in [0.29, 0.717) is 36.8 Å². The number of rotatable bonds is 12. The molecule has 1 N–H and O–H groups in total. The highest BCUT2D eigenvalue weighted by atomic mass is 32.2. The minimum atomic E-state index is -3.56. The standard InChI is InChI=1S/C22H30N2O6S/c1-17-7-5-8-19(15-17)30-14-12-23-22(25)9-6-13-24(31(4,26)27)20-11-10-18(28-2)16-21(20)29-3/h5,7-8,10-11,15-16H,6,9,12-14H2,1-4H3,(H,23,25). The summed E-state index contributed by atoms with van der Waals surface area (Å²) in [6.07, 6.45) is 1.67.